The first-order valence-corrected chi connectivity index (χ1v) is 9.13. The zero-order valence-corrected chi connectivity index (χ0v) is 13.1. The van der Waals surface area contributed by atoms with Gasteiger partial charge in [0.15, 0.2) is 0 Å². The summed E-state index contributed by atoms with van der Waals surface area (Å²) in [6, 6.07) is 0.771. The molecule has 2 aliphatic rings. The molecule has 1 nitrogen and oxygen atoms in total. The van der Waals surface area contributed by atoms with Gasteiger partial charge in [-0.2, -0.15) is 11.8 Å². The number of rotatable bonds is 5. The third-order valence-corrected chi connectivity index (χ3v) is 6.44. The second-order valence-corrected chi connectivity index (χ2v) is 7.85. The van der Waals surface area contributed by atoms with Crippen LogP contribution in [0.15, 0.2) is 0 Å². The van der Waals surface area contributed by atoms with E-state index in [1.165, 1.54) is 63.5 Å². The van der Waals surface area contributed by atoms with Gasteiger partial charge in [0.25, 0.3) is 0 Å². The standard InChI is InChI=1S/C16H31NS/c1-13-7-6-10-15(11-13)18-12-16(17-2)14-8-4-3-5-9-14/h13-17H,3-12H2,1-2H3. The average Bonchev–Trinajstić information content (AvgIpc) is 2.41. The van der Waals surface area contributed by atoms with Crippen LogP contribution in [0.2, 0.25) is 0 Å². The van der Waals surface area contributed by atoms with Crippen molar-refractivity contribution >= 4 is 11.8 Å². The summed E-state index contributed by atoms with van der Waals surface area (Å²) in [6.45, 7) is 2.43. The lowest BCUT2D eigenvalue weighted by molar-refractivity contribution is 0.294. The Kier molecular flexibility index (Phi) is 6.37. The lowest BCUT2D eigenvalue weighted by Gasteiger charge is -2.32. The van der Waals surface area contributed by atoms with E-state index in [0.717, 1.165) is 23.1 Å². The van der Waals surface area contributed by atoms with Crippen LogP contribution in [0.4, 0.5) is 0 Å². The highest BCUT2D eigenvalue weighted by Crippen LogP contribution is 2.34. The van der Waals surface area contributed by atoms with Crippen molar-refractivity contribution < 1.29 is 0 Å². The van der Waals surface area contributed by atoms with Gasteiger partial charge in [-0.3, -0.25) is 0 Å². The summed E-state index contributed by atoms with van der Waals surface area (Å²) in [6.07, 6.45) is 13.2. The van der Waals surface area contributed by atoms with Crippen molar-refractivity contribution in [1.82, 2.24) is 5.32 Å². The van der Waals surface area contributed by atoms with E-state index in [1.54, 1.807) is 0 Å². The SMILES string of the molecule is CNC(CSC1CCCC(C)C1)C1CCCCC1. The van der Waals surface area contributed by atoms with Gasteiger partial charge in [0.1, 0.15) is 0 Å². The minimum atomic E-state index is 0.771. The summed E-state index contributed by atoms with van der Waals surface area (Å²) in [5.41, 5.74) is 0. The van der Waals surface area contributed by atoms with Crippen LogP contribution in [0.25, 0.3) is 0 Å². The summed E-state index contributed by atoms with van der Waals surface area (Å²) in [5.74, 6) is 3.27. The van der Waals surface area contributed by atoms with Gasteiger partial charge in [-0.1, -0.05) is 39.0 Å². The van der Waals surface area contributed by atoms with E-state index in [2.05, 4.69) is 31.1 Å². The van der Waals surface area contributed by atoms with Gasteiger partial charge in [0, 0.05) is 17.0 Å². The molecule has 0 spiro atoms. The van der Waals surface area contributed by atoms with Crippen LogP contribution in [-0.2, 0) is 0 Å². The highest BCUT2D eigenvalue weighted by Gasteiger charge is 2.25. The van der Waals surface area contributed by atoms with Gasteiger partial charge >= 0.3 is 0 Å². The molecule has 0 amide bonds. The minimum absolute atomic E-state index is 0.771. The predicted octanol–water partition coefficient (Wildman–Crippen LogP) is 4.47. The molecule has 0 aromatic heterocycles. The molecule has 2 rings (SSSR count). The van der Waals surface area contributed by atoms with Crippen molar-refractivity contribution in [2.75, 3.05) is 12.8 Å². The Balaban J connectivity index is 1.72. The molecule has 0 heterocycles. The zero-order valence-electron chi connectivity index (χ0n) is 12.3. The molecule has 0 radical (unpaired) electrons. The largest absolute Gasteiger partial charge is 0.316 e. The van der Waals surface area contributed by atoms with E-state index >= 15 is 0 Å². The van der Waals surface area contributed by atoms with Gasteiger partial charge < -0.3 is 5.32 Å². The van der Waals surface area contributed by atoms with Crippen LogP contribution in [0, 0.1) is 11.8 Å². The molecule has 18 heavy (non-hydrogen) atoms. The minimum Gasteiger partial charge on any atom is -0.316 e. The molecule has 0 aromatic carbocycles. The van der Waals surface area contributed by atoms with E-state index in [4.69, 9.17) is 0 Å². The fraction of sp³-hybridized carbons (Fsp3) is 1.00. The number of nitrogens with one attached hydrogen (secondary N) is 1. The van der Waals surface area contributed by atoms with Crippen molar-refractivity contribution in [3.63, 3.8) is 0 Å². The third-order valence-electron chi connectivity index (χ3n) is 4.99. The molecule has 2 heteroatoms. The van der Waals surface area contributed by atoms with Gasteiger partial charge in [0.05, 0.1) is 0 Å². The molecular weight excluding hydrogens is 238 g/mol. The Morgan fingerprint density at radius 2 is 1.83 bits per heavy atom. The van der Waals surface area contributed by atoms with E-state index in [9.17, 15) is 0 Å². The molecule has 2 fully saturated rings. The molecule has 2 aliphatic carbocycles. The zero-order chi connectivity index (χ0) is 12.8. The summed E-state index contributed by atoms with van der Waals surface area (Å²) >= 11 is 2.26. The monoisotopic (exact) mass is 269 g/mol. The normalized spacial score (nSPS) is 32.3. The number of hydrogen-bond acceptors (Lipinski definition) is 2. The van der Waals surface area contributed by atoms with Crippen LogP contribution in [-0.4, -0.2) is 24.1 Å². The Hall–Kier alpha value is 0.310. The Bertz CT molecular complexity index is 225. The topological polar surface area (TPSA) is 12.0 Å². The molecule has 0 aromatic rings. The van der Waals surface area contributed by atoms with Crippen molar-refractivity contribution in [3.05, 3.63) is 0 Å². The van der Waals surface area contributed by atoms with Crippen molar-refractivity contribution in [2.45, 2.75) is 76.0 Å². The van der Waals surface area contributed by atoms with Crippen molar-refractivity contribution in [3.8, 4) is 0 Å². The maximum Gasteiger partial charge on any atom is 0.0183 e. The van der Waals surface area contributed by atoms with E-state index in [-0.39, 0.29) is 0 Å². The molecule has 0 bridgehead atoms. The highest BCUT2D eigenvalue weighted by atomic mass is 32.2. The molecule has 3 atom stereocenters. The molecule has 0 aliphatic heterocycles. The van der Waals surface area contributed by atoms with Gasteiger partial charge in [-0.25, -0.2) is 0 Å². The summed E-state index contributed by atoms with van der Waals surface area (Å²) in [5, 5.41) is 4.55. The quantitative estimate of drug-likeness (QED) is 0.790. The van der Waals surface area contributed by atoms with Gasteiger partial charge in [0.2, 0.25) is 0 Å². The molecule has 1 N–H and O–H groups in total. The lowest BCUT2D eigenvalue weighted by Crippen LogP contribution is -2.37. The molecular formula is C16H31NS. The second-order valence-electron chi connectivity index (χ2n) is 6.52. The van der Waals surface area contributed by atoms with Gasteiger partial charge in [-0.05, 0) is 44.6 Å². The Morgan fingerprint density at radius 3 is 2.50 bits per heavy atom. The molecule has 0 saturated heterocycles. The fourth-order valence-corrected chi connectivity index (χ4v) is 5.48. The van der Waals surface area contributed by atoms with E-state index < -0.39 is 0 Å². The van der Waals surface area contributed by atoms with Crippen LogP contribution in [0.3, 0.4) is 0 Å². The first kappa shape index (κ1) is 14.7. The molecule has 106 valence electrons. The van der Waals surface area contributed by atoms with Crippen molar-refractivity contribution in [1.29, 1.82) is 0 Å². The maximum atomic E-state index is 3.60. The highest BCUT2D eigenvalue weighted by molar-refractivity contribution is 7.99. The predicted molar refractivity (Wildman–Crippen MR) is 83.3 cm³/mol. The average molecular weight is 269 g/mol. The van der Waals surface area contributed by atoms with Crippen LogP contribution >= 0.6 is 11.8 Å². The summed E-state index contributed by atoms with van der Waals surface area (Å²) < 4.78 is 0. The van der Waals surface area contributed by atoms with E-state index in [0.29, 0.717) is 0 Å². The van der Waals surface area contributed by atoms with E-state index in [1.807, 2.05) is 0 Å². The first-order chi connectivity index (χ1) is 8.79. The molecule has 3 unspecified atom stereocenters. The smallest absolute Gasteiger partial charge is 0.0183 e. The molecule has 2 saturated carbocycles. The van der Waals surface area contributed by atoms with Crippen LogP contribution in [0.1, 0.15) is 64.7 Å². The summed E-state index contributed by atoms with van der Waals surface area (Å²) in [4.78, 5) is 0. The Morgan fingerprint density at radius 1 is 1.06 bits per heavy atom. The lowest BCUT2D eigenvalue weighted by atomic mass is 9.84. The van der Waals surface area contributed by atoms with Crippen LogP contribution in [0.5, 0.6) is 0 Å². The second kappa shape index (κ2) is 7.79. The summed E-state index contributed by atoms with van der Waals surface area (Å²) in [7, 11) is 2.17. The van der Waals surface area contributed by atoms with Crippen LogP contribution < -0.4 is 5.32 Å². The number of hydrogen-bond donors (Lipinski definition) is 1. The fourth-order valence-electron chi connectivity index (χ4n) is 3.76. The third kappa shape index (κ3) is 4.45. The maximum absolute atomic E-state index is 3.60. The van der Waals surface area contributed by atoms with Gasteiger partial charge in [-0.15, -0.1) is 0 Å². The number of thioether (sulfide) groups is 1. The Labute approximate surface area is 118 Å². The first-order valence-electron chi connectivity index (χ1n) is 8.08. The van der Waals surface area contributed by atoms with Crippen molar-refractivity contribution in [2.24, 2.45) is 11.8 Å².